The topological polar surface area (TPSA) is 120 Å². The lowest BCUT2D eigenvalue weighted by atomic mass is 9.78. The minimum Gasteiger partial charge on any atom is -0.508 e. The van der Waals surface area contributed by atoms with Crippen LogP contribution in [0.5, 0.6) is 11.5 Å². The number of hydrogen-bond donors (Lipinski definition) is 5. The maximum Gasteiger partial charge on any atom is 0.184 e. The molecule has 0 saturated carbocycles. The van der Waals surface area contributed by atoms with E-state index >= 15 is 0 Å². The number of aliphatic hydroxyl groups is 4. The summed E-state index contributed by atoms with van der Waals surface area (Å²) in [7, 11) is 0. The maximum atomic E-state index is 9.96. The fourth-order valence-electron chi connectivity index (χ4n) is 3.26. The Balaban J connectivity index is 1.65. The van der Waals surface area contributed by atoms with Crippen molar-refractivity contribution in [2.75, 3.05) is 6.61 Å². The van der Waals surface area contributed by atoms with Gasteiger partial charge in [-0.2, -0.15) is 0 Å². The number of hydrogen-bond acceptors (Lipinski definition) is 7. The first-order valence-electron chi connectivity index (χ1n) is 9.10. The predicted molar refractivity (Wildman–Crippen MR) is 101 cm³/mol. The monoisotopic (exact) mass is 390 g/mol. The molecule has 0 radical (unpaired) electrons. The van der Waals surface area contributed by atoms with E-state index in [-0.39, 0.29) is 17.8 Å². The molecule has 2 aromatic rings. The van der Waals surface area contributed by atoms with Crippen molar-refractivity contribution in [2.45, 2.75) is 50.0 Å². The van der Waals surface area contributed by atoms with Gasteiger partial charge >= 0.3 is 0 Å². The molecule has 5 N–H and O–H groups in total. The van der Waals surface area contributed by atoms with E-state index in [9.17, 15) is 25.5 Å². The zero-order valence-corrected chi connectivity index (χ0v) is 15.8. The van der Waals surface area contributed by atoms with Gasteiger partial charge in [0, 0.05) is 5.41 Å². The molecule has 0 spiro atoms. The van der Waals surface area contributed by atoms with Crippen molar-refractivity contribution in [1.82, 2.24) is 0 Å². The molecule has 1 unspecified atom stereocenters. The summed E-state index contributed by atoms with van der Waals surface area (Å²) < 4.78 is 10.7. The van der Waals surface area contributed by atoms with Crippen molar-refractivity contribution < 1.29 is 35.0 Å². The number of phenols is 1. The minimum absolute atomic E-state index is 0.0945. The van der Waals surface area contributed by atoms with Gasteiger partial charge in [0.2, 0.25) is 0 Å². The van der Waals surface area contributed by atoms with Gasteiger partial charge in [-0.3, -0.25) is 0 Å². The van der Waals surface area contributed by atoms with Crippen LogP contribution in [-0.2, 0) is 10.2 Å². The van der Waals surface area contributed by atoms with E-state index < -0.39 is 30.7 Å². The van der Waals surface area contributed by atoms with E-state index in [4.69, 9.17) is 9.47 Å². The van der Waals surface area contributed by atoms with E-state index in [1.807, 2.05) is 24.3 Å². The highest BCUT2D eigenvalue weighted by atomic mass is 16.6. The Labute approximate surface area is 163 Å². The third kappa shape index (κ3) is 4.14. The van der Waals surface area contributed by atoms with Crippen LogP contribution in [-0.4, -0.2) is 62.8 Å². The van der Waals surface area contributed by atoms with Crippen LogP contribution >= 0.6 is 0 Å². The Hall–Kier alpha value is -2.16. The molecule has 28 heavy (non-hydrogen) atoms. The van der Waals surface area contributed by atoms with Gasteiger partial charge in [0.15, 0.2) is 6.29 Å². The van der Waals surface area contributed by atoms with E-state index in [2.05, 4.69) is 13.8 Å². The number of rotatable bonds is 5. The summed E-state index contributed by atoms with van der Waals surface area (Å²) in [6, 6.07) is 14.5. The lowest BCUT2D eigenvalue weighted by Gasteiger charge is -2.38. The maximum absolute atomic E-state index is 9.96. The van der Waals surface area contributed by atoms with Gasteiger partial charge < -0.3 is 35.0 Å². The number of phenolic OH excluding ortho intramolecular Hbond substituents is 1. The van der Waals surface area contributed by atoms with E-state index in [0.717, 1.165) is 11.1 Å². The average Bonchev–Trinajstić information content (AvgIpc) is 2.69. The highest BCUT2D eigenvalue weighted by Gasteiger charge is 2.43. The molecule has 1 aliphatic heterocycles. The molecule has 2 aromatic carbocycles. The normalized spacial score (nSPS) is 28.1. The molecule has 5 atom stereocenters. The van der Waals surface area contributed by atoms with Crippen molar-refractivity contribution in [3.8, 4) is 11.5 Å². The molecular weight excluding hydrogens is 364 g/mol. The summed E-state index contributed by atoms with van der Waals surface area (Å²) in [4.78, 5) is 0. The summed E-state index contributed by atoms with van der Waals surface area (Å²) in [5.41, 5.74) is 1.83. The molecule has 152 valence electrons. The Morgan fingerprint density at radius 2 is 1.36 bits per heavy atom. The van der Waals surface area contributed by atoms with Crippen molar-refractivity contribution in [3.05, 3.63) is 59.7 Å². The Morgan fingerprint density at radius 1 is 0.821 bits per heavy atom. The van der Waals surface area contributed by atoms with Crippen molar-refractivity contribution in [2.24, 2.45) is 0 Å². The quantitative estimate of drug-likeness (QED) is 0.514. The first-order chi connectivity index (χ1) is 13.2. The third-order valence-corrected chi connectivity index (χ3v) is 5.27. The summed E-state index contributed by atoms with van der Waals surface area (Å²) in [5.74, 6) is 0.759. The SMILES string of the molecule is CC(C)(c1ccc(O)cc1)c1ccc(OC[C@H]2OC(O)[C@H](O)[C@@H](O)[C@@H]2O)cc1. The number of aromatic hydroxyl groups is 1. The van der Waals surface area contributed by atoms with Gasteiger partial charge in [-0.25, -0.2) is 0 Å². The van der Waals surface area contributed by atoms with E-state index in [0.29, 0.717) is 5.75 Å². The van der Waals surface area contributed by atoms with Crippen LogP contribution in [0.15, 0.2) is 48.5 Å². The van der Waals surface area contributed by atoms with Gasteiger partial charge in [-0.05, 0) is 35.4 Å². The number of benzene rings is 2. The lowest BCUT2D eigenvalue weighted by Crippen LogP contribution is -2.58. The summed E-state index contributed by atoms with van der Waals surface area (Å²) in [5, 5.41) is 48.2. The predicted octanol–water partition coefficient (Wildman–Crippen LogP) is 0.897. The van der Waals surface area contributed by atoms with Crippen LogP contribution in [0.1, 0.15) is 25.0 Å². The zero-order valence-electron chi connectivity index (χ0n) is 15.8. The van der Waals surface area contributed by atoms with Gasteiger partial charge in [0.1, 0.15) is 42.5 Å². The molecular formula is C21H26O7. The fourth-order valence-corrected chi connectivity index (χ4v) is 3.26. The molecule has 0 amide bonds. The van der Waals surface area contributed by atoms with Crippen LogP contribution in [0.2, 0.25) is 0 Å². The zero-order chi connectivity index (χ0) is 20.5. The standard InChI is InChI=1S/C21H26O7/c1-21(2,12-3-7-14(22)8-4-12)13-5-9-15(10-6-13)27-11-16-17(23)18(24)19(25)20(26)28-16/h3-10,16-20,22-26H,11H2,1-2H3/t16-,17-,18+,19-,20?/m1/s1. The smallest absolute Gasteiger partial charge is 0.184 e. The second-order valence-corrected chi connectivity index (χ2v) is 7.54. The molecule has 3 rings (SSSR count). The summed E-state index contributed by atoms with van der Waals surface area (Å²) in [6.45, 7) is 4.06. The molecule has 1 heterocycles. The third-order valence-electron chi connectivity index (χ3n) is 5.27. The summed E-state index contributed by atoms with van der Waals surface area (Å²) in [6.07, 6.45) is -6.99. The van der Waals surface area contributed by atoms with Gasteiger partial charge in [0.05, 0.1) is 0 Å². The van der Waals surface area contributed by atoms with Crippen LogP contribution < -0.4 is 4.74 Å². The highest BCUT2D eigenvalue weighted by molar-refractivity contribution is 5.41. The van der Waals surface area contributed by atoms with E-state index in [1.54, 1.807) is 24.3 Å². The molecule has 0 aliphatic carbocycles. The van der Waals surface area contributed by atoms with E-state index in [1.165, 1.54) is 0 Å². The minimum atomic E-state index is -1.58. The highest BCUT2D eigenvalue weighted by Crippen LogP contribution is 2.33. The molecule has 0 aromatic heterocycles. The second-order valence-electron chi connectivity index (χ2n) is 7.54. The van der Waals surface area contributed by atoms with Crippen LogP contribution in [0, 0.1) is 0 Å². The fraction of sp³-hybridized carbons (Fsp3) is 0.429. The Morgan fingerprint density at radius 3 is 1.93 bits per heavy atom. The molecule has 7 nitrogen and oxygen atoms in total. The lowest BCUT2D eigenvalue weighted by molar-refractivity contribution is -0.285. The Bertz CT molecular complexity index is 772. The largest absolute Gasteiger partial charge is 0.508 e. The molecule has 1 aliphatic rings. The first-order valence-corrected chi connectivity index (χ1v) is 9.10. The van der Waals surface area contributed by atoms with Gasteiger partial charge in [0.25, 0.3) is 0 Å². The first kappa shape index (κ1) is 20.6. The van der Waals surface area contributed by atoms with Gasteiger partial charge in [-0.1, -0.05) is 38.1 Å². The van der Waals surface area contributed by atoms with Crippen molar-refractivity contribution in [1.29, 1.82) is 0 Å². The van der Waals surface area contributed by atoms with Gasteiger partial charge in [-0.15, -0.1) is 0 Å². The second kappa shape index (κ2) is 8.06. The average molecular weight is 390 g/mol. The molecule has 0 bridgehead atoms. The van der Waals surface area contributed by atoms with Crippen LogP contribution in [0.25, 0.3) is 0 Å². The Kier molecular flexibility index (Phi) is 5.92. The van der Waals surface area contributed by atoms with Crippen molar-refractivity contribution in [3.63, 3.8) is 0 Å². The number of ether oxygens (including phenoxy) is 2. The number of aliphatic hydroxyl groups excluding tert-OH is 4. The molecule has 1 saturated heterocycles. The molecule has 1 fully saturated rings. The van der Waals surface area contributed by atoms with Crippen molar-refractivity contribution >= 4 is 0 Å². The van der Waals surface area contributed by atoms with Crippen LogP contribution in [0.4, 0.5) is 0 Å². The summed E-state index contributed by atoms with van der Waals surface area (Å²) >= 11 is 0. The molecule has 7 heteroatoms. The van der Waals surface area contributed by atoms with Crippen LogP contribution in [0.3, 0.4) is 0 Å².